The van der Waals surface area contributed by atoms with Crippen molar-refractivity contribution in [2.75, 3.05) is 26.7 Å². The van der Waals surface area contributed by atoms with Gasteiger partial charge in [0.25, 0.3) is 0 Å². The number of hydrogen-bond acceptors (Lipinski definition) is 3. The topological polar surface area (TPSA) is 26.7 Å². The molecule has 0 unspecified atom stereocenters. The molecule has 0 atom stereocenters. The van der Waals surface area contributed by atoms with Crippen molar-refractivity contribution in [1.29, 1.82) is 0 Å². The molecule has 18 heavy (non-hydrogen) atoms. The van der Waals surface area contributed by atoms with E-state index in [1.54, 1.807) is 6.07 Å². The van der Waals surface area contributed by atoms with E-state index < -0.39 is 0 Å². The van der Waals surface area contributed by atoms with Gasteiger partial charge in [0.2, 0.25) is 0 Å². The lowest BCUT2D eigenvalue weighted by Crippen LogP contribution is -2.57. The van der Waals surface area contributed by atoms with Crippen molar-refractivity contribution < 1.29 is 5.11 Å². The van der Waals surface area contributed by atoms with Gasteiger partial charge in [0, 0.05) is 37.3 Å². The Labute approximate surface area is 114 Å². The Morgan fingerprint density at radius 2 is 2.06 bits per heavy atom. The summed E-state index contributed by atoms with van der Waals surface area (Å²) in [6, 6.07) is 5.54. The second-order valence-electron chi connectivity index (χ2n) is 5.69. The van der Waals surface area contributed by atoms with E-state index in [0.29, 0.717) is 5.02 Å². The molecule has 0 aromatic heterocycles. The number of phenols is 1. The molecule has 4 heteroatoms. The third-order valence-electron chi connectivity index (χ3n) is 3.86. The molecule has 0 spiro atoms. The first kappa shape index (κ1) is 13.7. The summed E-state index contributed by atoms with van der Waals surface area (Å²) >= 11 is 5.93. The predicted octanol–water partition coefficient (Wildman–Crippen LogP) is 2.57. The monoisotopic (exact) mass is 268 g/mol. The zero-order valence-electron chi connectivity index (χ0n) is 11.3. The fourth-order valence-electron chi connectivity index (χ4n) is 2.40. The normalized spacial score (nSPS) is 21.1. The van der Waals surface area contributed by atoms with E-state index in [9.17, 15) is 5.11 Å². The van der Waals surface area contributed by atoms with Gasteiger partial charge in [-0.3, -0.25) is 9.80 Å². The van der Waals surface area contributed by atoms with Crippen LogP contribution >= 0.6 is 11.6 Å². The molecule has 100 valence electrons. The first-order valence-corrected chi connectivity index (χ1v) is 6.68. The number of benzene rings is 1. The average molecular weight is 269 g/mol. The maximum atomic E-state index is 9.94. The molecule has 0 amide bonds. The Morgan fingerprint density at radius 3 is 2.72 bits per heavy atom. The van der Waals surface area contributed by atoms with Crippen LogP contribution in [0.4, 0.5) is 0 Å². The first-order valence-electron chi connectivity index (χ1n) is 6.30. The van der Waals surface area contributed by atoms with Gasteiger partial charge in [-0.15, -0.1) is 0 Å². The van der Waals surface area contributed by atoms with Crippen LogP contribution in [0, 0.1) is 0 Å². The van der Waals surface area contributed by atoms with Crippen LogP contribution in [0.5, 0.6) is 5.75 Å². The summed E-state index contributed by atoms with van der Waals surface area (Å²) < 4.78 is 0. The van der Waals surface area contributed by atoms with Crippen molar-refractivity contribution in [1.82, 2.24) is 9.80 Å². The Kier molecular flexibility index (Phi) is 3.85. The number of likely N-dealkylation sites (N-methyl/N-ethyl adjacent to an activating group) is 1. The van der Waals surface area contributed by atoms with Gasteiger partial charge in [-0.2, -0.15) is 0 Å². The standard InChI is InChI=1S/C14H21ClN2O/c1-14(2)10-17(8-7-16(14)3)9-11-5-4-6-12(15)13(11)18/h4-6,18H,7-10H2,1-3H3. The highest BCUT2D eigenvalue weighted by Gasteiger charge is 2.31. The van der Waals surface area contributed by atoms with E-state index in [-0.39, 0.29) is 11.3 Å². The van der Waals surface area contributed by atoms with Crippen LogP contribution in [0.2, 0.25) is 5.02 Å². The van der Waals surface area contributed by atoms with Crippen LogP contribution in [0.25, 0.3) is 0 Å². The molecule has 1 aliphatic heterocycles. The molecule has 1 aromatic carbocycles. The maximum Gasteiger partial charge on any atom is 0.138 e. The van der Waals surface area contributed by atoms with Crippen LogP contribution in [-0.4, -0.2) is 47.1 Å². The number of aromatic hydroxyl groups is 1. The predicted molar refractivity (Wildman–Crippen MR) is 75.1 cm³/mol. The summed E-state index contributed by atoms with van der Waals surface area (Å²) in [6.45, 7) is 8.31. The number of halogens is 1. The zero-order valence-corrected chi connectivity index (χ0v) is 12.0. The quantitative estimate of drug-likeness (QED) is 0.893. The number of hydrogen-bond donors (Lipinski definition) is 1. The number of piperazine rings is 1. The third kappa shape index (κ3) is 2.79. The first-order chi connectivity index (χ1) is 8.40. The Balaban J connectivity index is 2.09. The number of nitrogens with zero attached hydrogens (tertiary/aromatic N) is 2. The molecule has 0 saturated carbocycles. The van der Waals surface area contributed by atoms with Crippen molar-refractivity contribution in [2.24, 2.45) is 0 Å². The molecule has 1 fully saturated rings. The minimum absolute atomic E-state index is 0.173. The molecule has 0 radical (unpaired) electrons. The molecular weight excluding hydrogens is 248 g/mol. The Morgan fingerprint density at radius 1 is 1.33 bits per heavy atom. The largest absolute Gasteiger partial charge is 0.506 e. The Hall–Kier alpha value is -0.770. The fraction of sp³-hybridized carbons (Fsp3) is 0.571. The van der Waals surface area contributed by atoms with Crippen LogP contribution in [0.3, 0.4) is 0 Å². The minimum atomic E-state index is 0.173. The van der Waals surface area contributed by atoms with Gasteiger partial charge in [-0.1, -0.05) is 23.7 Å². The second kappa shape index (κ2) is 5.08. The van der Waals surface area contributed by atoms with Crippen LogP contribution in [-0.2, 0) is 6.54 Å². The van der Waals surface area contributed by atoms with Crippen LogP contribution in [0.15, 0.2) is 18.2 Å². The molecular formula is C14H21ClN2O. The minimum Gasteiger partial charge on any atom is -0.506 e. The summed E-state index contributed by atoms with van der Waals surface area (Å²) in [6.07, 6.45) is 0. The van der Waals surface area contributed by atoms with Gasteiger partial charge in [-0.05, 0) is 27.0 Å². The average Bonchev–Trinajstić information content (AvgIpc) is 2.29. The summed E-state index contributed by atoms with van der Waals surface area (Å²) in [7, 11) is 2.16. The third-order valence-corrected chi connectivity index (χ3v) is 4.16. The molecule has 1 heterocycles. The van der Waals surface area contributed by atoms with Gasteiger partial charge >= 0.3 is 0 Å². The van der Waals surface area contributed by atoms with Gasteiger partial charge in [-0.25, -0.2) is 0 Å². The summed E-state index contributed by atoms with van der Waals surface area (Å²) in [4.78, 5) is 4.74. The number of phenolic OH excluding ortho intramolecular Hbond substituents is 1. The van der Waals surface area contributed by atoms with E-state index in [0.717, 1.165) is 31.7 Å². The van der Waals surface area contributed by atoms with E-state index >= 15 is 0 Å². The molecule has 0 aliphatic carbocycles. The highest BCUT2D eigenvalue weighted by atomic mass is 35.5. The van der Waals surface area contributed by atoms with Gasteiger partial charge in [0.05, 0.1) is 5.02 Å². The molecule has 1 aliphatic rings. The van der Waals surface area contributed by atoms with Gasteiger partial charge < -0.3 is 5.11 Å². The maximum absolute atomic E-state index is 9.94. The van der Waals surface area contributed by atoms with E-state index in [2.05, 4.69) is 30.7 Å². The molecule has 1 aromatic rings. The lowest BCUT2D eigenvalue weighted by atomic mass is 9.99. The highest BCUT2D eigenvalue weighted by Crippen LogP contribution is 2.29. The van der Waals surface area contributed by atoms with Crippen molar-refractivity contribution in [2.45, 2.75) is 25.9 Å². The molecule has 3 nitrogen and oxygen atoms in total. The van der Waals surface area contributed by atoms with E-state index in [1.807, 2.05) is 12.1 Å². The summed E-state index contributed by atoms with van der Waals surface area (Å²) in [5, 5.41) is 10.4. The highest BCUT2D eigenvalue weighted by molar-refractivity contribution is 6.32. The number of para-hydroxylation sites is 1. The molecule has 1 N–H and O–H groups in total. The van der Waals surface area contributed by atoms with Crippen molar-refractivity contribution in [3.05, 3.63) is 28.8 Å². The van der Waals surface area contributed by atoms with E-state index in [1.165, 1.54) is 0 Å². The van der Waals surface area contributed by atoms with Crippen molar-refractivity contribution in [3.8, 4) is 5.75 Å². The Bertz CT molecular complexity index is 434. The lowest BCUT2D eigenvalue weighted by Gasteiger charge is -2.45. The molecule has 2 rings (SSSR count). The number of rotatable bonds is 2. The van der Waals surface area contributed by atoms with Gasteiger partial charge in [0.15, 0.2) is 0 Å². The van der Waals surface area contributed by atoms with E-state index in [4.69, 9.17) is 11.6 Å². The summed E-state index contributed by atoms with van der Waals surface area (Å²) in [5.74, 6) is 0.218. The van der Waals surface area contributed by atoms with Crippen molar-refractivity contribution in [3.63, 3.8) is 0 Å². The lowest BCUT2D eigenvalue weighted by molar-refractivity contribution is 0.0357. The van der Waals surface area contributed by atoms with Gasteiger partial charge in [0.1, 0.15) is 5.75 Å². The van der Waals surface area contributed by atoms with Crippen LogP contribution < -0.4 is 0 Å². The smallest absolute Gasteiger partial charge is 0.138 e. The second-order valence-corrected chi connectivity index (χ2v) is 6.10. The van der Waals surface area contributed by atoms with Crippen LogP contribution in [0.1, 0.15) is 19.4 Å². The van der Waals surface area contributed by atoms with Crippen molar-refractivity contribution >= 4 is 11.6 Å². The summed E-state index contributed by atoms with van der Waals surface area (Å²) in [5.41, 5.74) is 1.08. The SMILES string of the molecule is CN1CCN(Cc2cccc(Cl)c2O)CC1(C)C. The molecule has 1 saturated heterocycles. The zero-order chi connectivity index (χ0) is 13.3. The molecule has 0 bridgehead atoms. The fourth-order valence-corrected chi connectivity index (χ4v) is 2.60.